The van der Waals surface area contributed by atoms with Crippen molar-refractivity contribution in [1.29, 1.82) is 0 Å². The second-order valence-corrected chi connectivity index (χ2v) is 33.4. The summed E-state index contributed by atoms with van der Waals surface area (Å²) in [5, 5.41) is 0. The topological polar surface area (TPSA) is 51.6 Å². The van der Waals surface area contributed by atoms with Crippen molar-refractivity contribution in [3.05, 3.63) is 103 Å². The van der Waals surface area contributed by atoms with Crippen LogP contribution in [0.2, 0.25) is 0 Å². The molecule has 0 bridgehead atoms. The molecule has 0 atom stereocenters. The first-order valence-corrected chi connectivity index (χ1v) is 40.1. The lowest BCUT2D eigenvalue weighted by Gasteiger charge is -2.35. The van der Waals surface area contributed by atoms with Crippen molar-refractivity contribution in [2.24, 2.45) is 0 Å². The van der Waals surface area contributed by atoms with Crippen LogP contribution in [0.25, 0.3) is 75.6 Å². The minimum absolute atomic E-state index is 0.0244. The molecule has 4 aromatic carbocycles. The smallest absolute Gasteiger partial charge is 0.114 e. The van der Waals surface area contributed by atoms with Gasteiger partial charge in [0.25, 0.3) is 0 Å². The molecule has 0 spiro atoms. The summed E-state index contributed by atoms with van der Waals surface area (Å²) >= 11 is 6.90. The molecule has 0 aliphatic heterocycles. The van der Waals surface area contributed by atoms with Crippen LogP contribution in [-0.4, -0.2) is 17.5 Å². The molecule has 0 saturated carbocycles. The van der Waals surface area contributed by atoms with Gasteiger partial charge in [-0.2, -0.15) is 17.5 Å². The van der Waals surface area contributed by atoms with Gasteiger partial charge in [-0.05, 0) is 154 Å². The van der Waals surface area contributed by atoms with E-state index in [9.17, 15) is 0 Å². The average Bonchev–Trinajstić information content (AvgIpc) is 1.53. The Labute approximate surface area is 560 Å². The predicted molar refractivity (Wildman–Crippen MR) is 396 cm³/mol. The highest BCUT2D eigenvalue weighted by molar-refractivity contribution is 7.19. The zero-order chi connectivity index (χ0) is 62.6. The van der Waals surface area contributed by atoms with Gasteiger partial charge in [-0.3, -0.25) is 0 Å². The number of unbranched alkanes of at least 4 members (excludes halogenated alkanes) is 28. The van der Waals surface area contributed by atoms with Gasteiger partial charge in [-0.25, -0.2) is 0 Å². The van der Waals surface area contributed by atoms with Crippen molar-refractivity contribution in [2.75, 3.05) is 0 Å². The molecule has 8 heteroatoms. The van der Waals surface area contributed by atoms with E-state index in [0.29, 0.717) is 0 Å². The number of hydrogen-bond donors (Lipinski definition) is 0. The quantitative estimate of drug-likeness (QED) is 0.0364. The maximum Gasteiger partial charge on any atom is 0.114 e. The largest absolute Gasteiger partial charge is 0.173 e. The van der Waals surface area contributed by atoms with E-state index < -0.39 is 0 Å². The van der Waals surface area contributed by atoms with Gasteiger partial charge in [0.15, 0.2) is 0 Å². The molecule has 4 nitrogen and oxygen atoms in total. The number of nitrogens with zero attached hydrogens (tertiary/aromatic N) is 4. The lowest BCUT2D eigenvalue weighted by atomic mass is 9.68. The van der Waals surface area contributed by atoms with Gasteiger partial charge in [0, 0.05) is 57.9 Å². The van der Waals surface area contributed by atoms with E-state index in [4.69, 9.17) is 17.5 Å². The molecule has 4 aromatic heterocycles. The second-order valence-electron chi connectivity index (χ2n) is 30.0. The number of benzene rings is 4. The van der Waals surface area contributed by atoms with E-state index in [1.165, 1.54) is 341 Å². The number of rotatable bonds is 37. The summed E-state index contributed by atoms with van der Waals surface area (Å²) in [5.74, 6) is 0. The Morgan fingerprint density at radius 3 is 1.07 bits per heavy atom. The molecule has 0 radical (unpaired) electrons. The van der Waals surface area contributed by atoms with Crippen molar-refractivity contribution >= 4 is 68.2 Å². The third kappa shape index (κ3) is 12.4. The van der Waals surface area contributed by atoms with Crippen LogP contribution in [0.5, 0.6) is 0 Å². The highest BCUT2D eigenvalue weighted by atomic mass is 32.1. The first kappa shape index (κ1) is 66.0. The third-order valence-electron chi connectivity index (χ3n) is 23.0. The Bertz CT molecular complexity index is 3720. The van der Waals surface area contributed by atoms with E-state index >= 15 is 0 Å². The molecule has 0 N–H and O–H groups in total. The van der Waals surface area contributed by atoms with E-state index in [1.54, 1.807) is 22.3 Å². The monoisotopic (exact) mass is 1280 g/mol. The molecule has 4 heterocycles. The maximum absolute atomic E-state index is 5.56. The Kier molecular flexibility index (Phi) is 21.2. The van der Waals surface area contributed by atoms with Gasteiger partial charge in [-0.1, -0.05) is 267 Å². The first-order valence-electron chi connectivity index (χ1n) is 37.1. The standard InChI is InChI=1S/C82H110N4S4/c1-11-15-19-23-27-31-35-39-43-81(44-40-36-32-28-24-20-16-12-2)64-50-58-65(49-57(64)71-66(81)47-55(5)73-75(71)85-89-83-73)82(45-41-37-33-29-25-21-17-13-3,46-42-38-34-30-26-22-18-14-4)67-53-61(74-76(72(58)67)86-90-84-74)70-54-69-78(88-70)60-52-62-59(51-63(60)80(69,9)10)77-68(79(62,7)8)48-56(6)87-77/h47-54H,11-46H2,1-10H3. The van der Waals surface area contributed by atoms with Gasteiger partial charge in [0.2, 0.25) is 0 Å². The van der Waals surface area contributed by atoms with Crippen LogP contribution in [-0.2, 0) is 21.7 Å². The van der Waals surface area contributed by atoms with Crippen LogP contribution in [0.15, 0.2) is 48.5 Å². The Morgan fingerprint density at radius 2 is 0.633 bits per heavy atom. The van der Waals surface area contributed by atoms with E-state index in [0.717, 1.165) is 22.1 Å². The maximum atomic E-state index is 5.56. The van der Waals surface area contributed by atoms with E-state index in [2.05, 4.69) is 118 Å². The van der Waals surface area contributed by atoms with E-state index in [1.807, 2.05) is 22.7 Å². The number of aromatic nitrogens is 4. The molecule has 12 rings (SSSR count). The summed E-state index contributed by atoms with van der Waals surface area (Å²) in [7, 11) is 0. The fraction of sp³-hybridized carbons (Fsp3) is 0.610. The highest BCUT2D eigenvalue weighted by Crippen LogP contribution is 2.65. The molecule has 4 aliphatic carbocycles. The summed E-state index contributed by atoms with van der Waals surface area (Å²) in [5.41, 5.74) is 27.7. The van der Waals surface area contributed by atoms with Crippen molar-refractivity contribution in [3.8, 4) is 53.6 Å². The zero-order valence-electron chi connectivity index (χ0n) is 57.5. The number of hydrogen-bond acceptors (Lipinski definition) is 8. The Balaban J connectivity index is 1.01. The van der Waals surface area contributed by atoms with E-state index in [-0.39, 0.29) is 21.7 Å². The number of aryl methyl sites for hydroxylation is 2. The lowest BCUT2D eigenvalue weighted by molar-refractivity contribution is 0.394. The third-order valence-corrected chi connectivity index (χ3v) is 26.4. The van der Waals surface area contributed by atoms with Crippen molar-refractivity contribution in [1.82, 2.24) is 17.5 Å². The van der Waals surface area contributed by atoms with Crippen LogP contribution in [0.4, 0.5) is 0 Å². The average molecular weight is 1280 g/mol. The van der Waals surface area contributed by atoms with Gasteiger partial charge in [-0.15, -0.1) is 22.7 Å². The molecule has 8 aromatic rings. The van der Waals surface area contributed by atoms with Crippen LogP contribution in [0, 0.1) is 13.8 Å². The van der Waals surface area contributed by atoms with Crippen molar-refractivity contribution < 1.29 is 0 Å². The second kappa shape index (κ2) is 28.9. The fourth-order valence-corrected chi connectivity index (χ4v) is 21.6. The zero-order valence-corrected chi connectivity index (χ0v) is 60.8. The number of thiophene rings is 2. The molecule has 90 heavy (non-hydrogen) atoms. The Morgan fingerprint density at radius 1 is 0.300 bits per heavy atom. The SMILES string of the molecule is CCCCCCCCCCC1(CCCCCCCCCC)c2cc3c(cc2-c2c1cc(C)c1nsnc21)C(CCCCCCCCCC)(CCCCCCCCCC)c1cc(-c2cc4c(s2)-c2cc5c(cc2C4(C)C)-c2sc(C)cc2C5(C)C)c2nsnc2c1-3. The molecule has 482 valence electrons. The summed E-state index contributed by atoms with van der Waals surface area (Å²) < 4.78 is 21.4. The molecule has 0 unspecified atom stereocenters. The predicted octanol–water partition coefficient (Wildman–Crippen LogP) is 27.4. The molecule has 0 saturated heterocycles. The Hall–Kier alpha value is -4.08. The lowest BCUT2D eigenvalue weighted by Crippen LogP contribution is -2.27. The summed E-state index contributed by atoms with van der Waals surface area (Å²) in [4.78, 5) is 5.71. The molecule has 4 aliphatic rings. The first-order chi connectivity index (χ1) is 43.8. The van der Waals surface area contributed by atoms with Gasteiger partial charge < -0.3 is 0 Å². The van der Waals surface area contributed by atoms with Gasteiger partial charge in [0.05, 0.1) is 23.5 Å². The fourth-order valence-electron chi connectivity index (χ4n) is 17.9. The van der Waals surface area contributed by atoms with Gasteiger partial charge >= 0.3 is 0 Å². The minimum Gasteiger partial charge on any atom is -0.173 e. The summed E-state index contributed by atoms with van der Waals surface area (Å²) in [6.45, 7) is 23.9. The highest BCUT2D eigenvalue weighted by Gasteiger charge is 2.51. The van der Waals surface area contributed by atoms with Gasteiger partial charge in [0.1, 0.15) is 22.1 Å². The van der Waals surface area contributed by atoms with Crippen LogP contribution >= 0.6 is 46.1 Å². The summed E-state index contributed by atoms with van der Waals surface area (Å²) in [6.07, 6.45) is 47.4. The van der Waals surface area contributed by atoms with Crippen molar-refractivity contribution in [2.45, 2.75) is 322 Å². The molecular weight excluding hydrogens is 1170 g/mol. The number of fused-ring (bicyclic) bond motifs is 16. The van der Waals surface area contributed by atoms with Crippen molar-refractivity contribution in [3.63, 3.8) is 0 Å². The molecule has 0 fully saturated rings. The summed E-state index contributed by atoms with van der Waals surface area (Å²) in [6, 6.07) is 21.3. The van der Waals surface area contributed by atoms with Crippen LogP contribution in [0.3, 0.4) is 0 Å². The van der Waals surface area contributed by atoms with Crippen LogP contribution < -0.4 is 0 Å². The normalized spacial score (nSPS) is 15.6. The molecular formula is C82H110N4S4. The van der Waals surface area contributed by atoms with Crippen LogP contribution in [0.1, 0.15) is 341 Å². The minimum atomic E-state index is -0.155. The molecule has 0 amide bonds.